The van der Waals surface area contributed by atoms with E-state index in [2.05, 4.69) is 0 Å². The molecule has 1 aromatic carbocycles. The average molecular weight is 296 g/mol. The van der Waals surface area contributed by atoms with E-state index in [0.29, 0.717) is 18.9 Å². The van der Waals surface area contributed by atoms with Crippen LogP contribution in [0.25, 0.3) is 0 Å². The number of halogens is 2. The van der Waals surface area contributed by atoms with E-state index in [0.717, 1.165) is 12.8 Å². The lowest BCUT2D eigenvalue weighted by molar-refractivity contribution is -0.139. The zero-order chi connectivity index (χ0) is 15.6. The largest absolute Gasteiger partial charge is 0.481 e. The molecule has 0 bridgehead atoms. The van der Waals surface area contributed by atoms with Crippen LogP contribution in [0.4, 0.5) is 8.78 Å². The van der Waals surface area contributed by atoms with Gasteiger partial charge in [-0.05, 0) is 36.8 Å². The van der Waals surface area contributed by atoms with Crippen LogP contribution < -0.4 is 0 Å². The van der Waals surface area contributed by atoms with Crippen molar-refractivity contribution in [3.05, 3.63) is 34.9 Å². The van der Waals surface area contributed by atoms with Crippen molar-refractivity contribution in [3.63, 3.8) is 0 Å². The number of hydrogen-bond acceptors (Lipinski definition) is 2. The minimum absolute atomic E-state index is 0.00128. The van der Waals surface area contributed by atoms with Gasteiger partial charge in [0, 0.05) is 12.5 Å². The fraction of sp³-hybridized carbons (Fsp3) is 0.500. The SMILES string of the molecule is Cc1cc(C(=O)CC2(CC(=O)O)CCCC2)c(F)cc1F. The molecule has 0 heterocycles. The normalized spacial score (nSPS) is 16.9. The van der Waals surface area contributed by atoms with E-state index in [1.807, 2.05) is 0 Å². The topological polar surface area (TPSA) is 54.4 Å². The van der Waals surface area contributed by atoms with Gasteiger partial charge in [0.05, 0.1) is 12.0 Å². The van der Waals surface area contributed by atoms with Crippen molar-refractivity contribution in [3.8, 4) is 0 Å². The summed E-state index contributed by atoms with van der Waals surface area (Å²) in [5.41, 5.74) is -0.526. The Bertz CT molecular complexity index is 575. The molecule has 5 heteroatoms. The predicted octanol–water partition coefficient (Wildman–Crippen LogP) is 3.88. The summed E-state index contributed by atoms with van der Waals surface area (Å²) in [6, 6.07) is 1.91. The average Bonchev–Trinajstić information content (AvgIpc) is 2.80. The molecule has 0 amide bonds. The van der Waals surface area contributed by atoms with Crippen molar-refractivity contribution in [2.75, 3.05) is 0 Å². The molecule has 2 rings (SSSR count). The molecule has 1 fully saturated rings. The van der Waals surface area contributed by atoms with Crippen LogP contribution in [0, 0.1) is 24.0 Å². The first-order valence-electron chi connectivity index (χ1n) is 7.04. The lowest BCUT2D eigenvalue weighted by atomic mass is 9.77. The van der Waals surface area contributed by atoms with Crippen molar-refractivity contribution in [1.29, 1.82) is 0 Å². The summed E-state index contributed by atoms with van der Waals surface area (Å²) in [5.74, 6) is -2.96. The molecule has 0 spiro atoms. The van der Waals surface area contributed by atoms with Crippen LogP contribution in [0.1, 0.15) is 54.4 Å². The van der Waals surface area contributed by atoms with E-state index in [1.165, 1.54) is 13.0 Å². The summed E-state index contributed by atoms with van der Waals surface area (Å²) >= 11 is 0. The maximum atomic E-state index is 13.8. The zero-order valence-electron chi connectivity index (χ0n) is 11.9. The maximum absolute atomic E-state index is 13.8. The van der Waals surface area contributed by atoms with E-state index < -0.39 is 28.8 Å². The number of benzene rings is 1. The highest BCUT2D eigenvalue weighted by Crippen LogP contribution is 2.44. The summed E-state index contributed by atoms with van der Waals surface area (Å²) in [6.07, 6.45) is 3.00. The molecule has 1 aromatic rings. The second kappa shape index (κ2) is 5.92. The molecule has 3 nitrogen and oxygen atoms in total. The standard InChI is InChI=1S/C16H18F2O3/c1-10-6-11(13(18)7-12(10)17)14(19)8-16(9-15(20)21)4-2-3-5-16/h6-7H,2-5,8-9H2,1H3,(H,20,21). The van der Waals surface area contributed by atoms with Gasteiger partial charge >= 0.3 is 5.97 Å². The van der Waals surface area contributed by atoms with Gasteiger partial charge in [0.15, 0.2) is 5.78 Å². The summed E-state index contributed by atoms with van der Waals surface area (Å²) in [5, 5.41) is 9.02. The van der Waals surface area contributed by atoms with Gasteiger partial charge in [-0.25, -0.2) is 8.78 Å². The number of carbonyl (C=O) groups excluding carboxylic acids is 1. The third-order valence-electron chi connectivity index (χ3n) is 4.27. The Morgan fingerprint density at radius 1 is 1.14 bits per heavy atom. The summed E-state index contributed by atoms with van der Waals surface area (Å²) in [7, 11) is 0. The van der Waals surface area contributed by atoms with Crippen LogP contribution in [0.3, 0.4) is 0 Å². The third kappa shape index (κ3) is 3.46. The van der Waals surface area contributed by atoms with Gasteiger partial charge in [-0.1, -0.05) is 12.8 Å². The zero-order valence-corrected chi connectivity index (χ0v) is 11.9. The number of carboxylic acids is 1. The van der Waals surface area contributed by atoms with Gasteiger partial charge in [-0.3, -0.25) is 9.59 Å². The molecule has 1 aliphatic carbocycles. The van der Waals surface area contributed by atoms with Crippen molar-refractivity contribution in [2.24, 2.45) is 5.41 Å². The maximum Gasteiger partial charge on any atom is 0.303 e. The highest BCUT2D eigenvalue weighted by molar-refractivity contribution is 5.97. The van der Waals surface area contributed by atoms with Crippen LogP contribution in [-0.4, -0.2) is 16.9 Å². The molecule has 114 valence electrons. The molecule has 0 saturated heterocycles. The first-order valence-corrected chi connectivity index (χ1v) is 7.04. The Hall–Kier alpha value is -1.78. The third-order valence-corrected chi connectivity index (χ3v) is 4.27. The van der Waals surface area contributed by atoms with Gasteiger partial charge in [-0.2, -0.15) is 0 Å². The quantitative estimate of drug-likeness (QED) is 0.839. The fourth-order valence-electron chi connectivity index (χ4n) is 3.17. The predicted molar refractivity (Wildman–Crippen MR) is 73.2 cm³/mol. The minimum Gasteiger partial charge on any atom is -0.481 e. The molecule has 0 unspecified atom stereocenters. The molecule has 1 saturated carbocycles. The molecule has 0 aliphatic heterocycles. The number of hydrogen-bond donors (Lipinski definition) is 1. The number of carbonyl (C=O) groups is 2. The highest BCUT2D eigenvalue weighted by atomic mass is 19.1. The number of ketones is 1. The molecular weight excluding hydrogens is 278 g/mol. The number of aryl methyl sites for hydroxylation is 1. The number of aliphatic carboxylic acids is 1. The Morgan fingerprint density at radius 2 is 1.76 bits per heavy atom. The van der Waals surface area contributed by atoms with Gasteiger partial charge in [0.1, 0.15) is 11.6 Å². The summed E-state index contributed by atoms with van der Waals surface area (Å²) in [6.45, 7) is 1.47. The van der Waals surface area contributed by atoms with E-state index in [1.54, 1.807) is 0 Å². The van der Waals surface area contributed by atoms with E-state index >= 15 is 0 Å². The van der Waals surface area contributed by atoms with Gasteiger partial charge in [-0.15, -0.1) is 0 Å². The smallest absolute Gasteiger partial charge is 0.303 e. The molecule has 0 atom stereocenters. The summed E-state index contributed by atoms with van der Waals surface area (Å²) in [4.78, 5) is 23.3. The molecule has 21 heavy (non-hydrogen) atoms. The van der Waals surface area contributed by atoms with Crippen molar-refractivity contribution in [1.82, 2.24) is 0 Å². The minimum atomic E-state index is -0.944. The van der Waals surface area contributed by atoms with Gasteiger partial charge in [0.25, 0.3) is 0 Å². The van der Waals surface area contributed by atoms with E-state index in [-0.39, 0.29) is 24.0 Å². The Kier molecular flexibility index (Phi) is 4.40. The molecule has 0 radical (unpaired) electrons. The molecule has 0 aromatic heterocycles. The van der Waals surface area contributed by atoms with Crippen molar-refractivity contribution < 1.29 is 23.5 Å². The first-order chi connectivity index (χ1) is 9.83. The van der Waals surface area contributed by atoms with Crippen LogP contribution >= 0.6 is 0 Å². The first kappa shape index (κ1) is 15.6. The highest BCUT2D eigenvalue weighted by Gasteiger charge is 2.38. The Labute approximate surface area is 122 Å². The van der Waals surface area contributed by atoms with E-state index in [9.17, 15) is 18.4 Å². The molecular formula is C16H18F2O3. The number of Topliss-reactive ketones (excluding diaryl/α,β-unsaturated/α-hetero) is 1. The second-order valence-corrected chi connectivity index (χ2v) is 5.96. The lowest BCUT2D eigenvalue weighted by Gasteiger charge is -2.26. The Balaban J connectivity index is 2.24. The van der Waals surface area contributed by atoms with Crippen LogP contribution in [0.15, 0.2) is 12.1 Å². The number of rotatable bonds is 5. The number of carboxylic acid groups (broad SMARTS) is 1. The second-order valence-electron chi connectivity index (χ2n) is 5.96. The van der Waals surface area contributed by atoms with Crippen LogP contribution in [-0.2, 0) is 4.79 Å². The van der Waals surface area contributed by atoms with Crippen molar-refractivity contribution in [2.45, 2.75) is 45.4 Å². The molecule has 1 N–H and O–H groups in total. The summed E-state index contributed by atoms with van der Waals surface area (Å²) < 4.78 is 27.0. The van der Waals surface area contributed by atoms with Gasteiger partial charge < -0.3 is 5.11 Å². The monoisotopic (exact) mass is 296 g/mol. The Morgan fingerprint density at radius 3 is 2.33 bits per heavy atom. The fourth-order valence-corrected chi connectivity index (χ4v) is 3.17. The van der Waals surface area contributed by atoms with Crippen LogP contribution in [0.2, 0.25) is 0 Å². The van der Waals surface area contributed by atoms with Crippen LogP contribution in [0.5, 0.6) is 0 Å². The van der Waals surface area contributed by atoms with Crippen molar-refractivity contribution >= 4 is 11.8 Å². The lowest BCUT2D eigenvalue weighted by Crippen LogP contribution is -2.25. The van der Waals surface area contributed by atoms with Gasteiger partial charge in [0.2, 0.25) is 0 Å². The van der Waals surface area contributed by atoms with E-state index in [4.69, 9.17) is 5.11 Å². The molecule has 1 aliphatic rings.